The van der Waals surface area contributed by atoms with E-state index in [2.05, 4.69) is 36.2 Å². The zero-order chi connectivity index (χ0) is 11.0. The van der Waals surface area contributed by atoms with Crippen LogP contribution in [0.5, 0.6) is 0 Å². The van der Waals surface area contributed by atoms with Crippen LogP contribution in [-0.4, -0.2) is 4.98 Å². The zero-order valence-electron chi connectivity index (χ0n) is 9.92. The van der Waals surface area contributed by atoms with Crippen molar-refractivity contribution in [1.29, 1.82) is 0 Å². The molecule has 1 aromatic carbocycles. The molecule has 84 valence electrons. The van der Waals surface area contributed by atoms with E-state index < -0.39 is 0 Å². The summed E-state index contributed by atoms with van der Waals surface area (Å²) in [6, 6.07) is 8.73. The highest BCUT2D eigenvalue weighted by Crippen LogP contribution is 2.33. The molecule has 0 amide bonds. The molecule has 1 atom stereocenters. The van der Waals surface area contributed by atoms with Crippen LogP contribution in [-0.2, 0) is 12.8 Å². The number of hydrogen-bond acceptors (Lipinski definition) is 0. The lowest BCUT2D eigenvalue weighted by Gasteiger charge is -2.21. The molecule has 1 unspecified atom stereocenters. The van der Waals surface area contributed by atoms with Crippen LogP contribution in [0, 0.1) is 5.92 Å². The molecule has 1 aliphatic carbocycles. The molecule has 0 bridgehead atoms. The van der Waals surface area contributed by atoms with Gasteiger partial charge in [-0.05, 0) is 36.8 Å². The maximum absolute atomic E-state index is 3.58. The van der Waals surface area contributed by atoms with Gasteiger partial charge < -0.3 is 4.98 Å². The molecule has 2 aromatic rings. The van der Waals surface area contributed by atoms with E-state index in [0.717, 1.165) is 5.92 Å². The Morgan fingerprint density at radius 3 is 3.06 bits per heavy atom. The van der Waals surface area contributed by atoms with Crippen molar-refractivity contribution < 1.29 is 0 Å². The van der Waals surface area contributed by atoms with Crippen LogP contribution >= 0.6 is 0 Å². The van der Waals surface area contributed by atoms with E-state index in [1.54, 1.807) is 5.56 Å². The lowest BCUT2D eigenvalue weighted by Crippen LogP contribution is -2.13. The second-order valence-electron chi connectivity index (χ2n) is 5.03. The molecule has 0 radical (unpaired) electrons. The second-order valence-corrected chi connectivity index (χ2v) is 5.03. The predicted octanol–water partition coefficient (Wildman–Crippen LogP) is 4.07. The number of aromatic amines is 1. The fourth-order valence-corrected chi connectivity index (χ4v) is 3.10. The first-order valence-electron chi connectivity index (χ1n) is 6.47. The van der Waals surface area contributed by atoms with E-state index in [1.807, 2.05) is 0 Å². The maximum atomic E-state index is 3.58. The molecule has 1 aliphatic rings. The minimum Gasteiger partial charge on any atom is -0.358 e. The van der Waals surface area contributed by atoms with Gasteiger partial charge in [0.05, 0.1) is 0 Å². The summed E-state index contributed by atoms with van der Waals surface area (Å²) in [5, 5.41) is 1.46. The Bertz CT molecular complexity index is 495. The molecule has 1 N–H and O–H groups in total. The highest BCUT2D eigenvalue weighted by molar-refractivity contribution is 5.84. The molecule has 3 rings (SSSR count). The minimum absolute atomic E-state index is 0.914. The van der Waals surface area contributed by atoms with Crippen LogP contribution in [0.1, 0.15) is 37.4 Å². The van der Waals surface area contributed by atoms with Gasteiger partial charge in [-0.15, -0.1) is 0 Å². The number of rotatable bonds is 2. The van der Waals surface area contributed by atoms with Crippen molar-refractivity contribution >= 4 is 10.9 Å². The highest BCUT2D eigenvalue weighted by atomic mass is 14.7. The summed E-state index contributed by atoms with van der Waals surface area (Å²) in [6.45, 7) is 2.30. The Morgan fingerprint density at radius 2 is 2.19 bits per heavy atom. The van der Waals surface area contributed by atoms with E-state index in [9.17, 15) is 0 Å². The van der Waals surface area contributed by atoms with Gasteiger partial charge in [0.2, 0.25) is 0 Å². The van der Waals surface area contributed by atoms with E-state index in [1.165, 1.54) is 48.7 Å². The summed E-state index contributed by atoms with van der Waals surface area (Å²) in [6.07, 6.45) is 6.61. The van der Waals surface area contributed by atoms with Gasteiger partial charge in [-0.3, -0.25) is 0 Å². The second kappa shape index (κ2) is 3.97. The zero-order valence-corrected chi connectivity index (χ0v) is 9.92. The molecule has 0 aliphatic heterocycles. The SMILES string of the molecule is CCCC1CCc2[nH]c3ccccc3c2C1. The topological polar surface area (TPSA) is 15.8 Å². The van der Waals surface area contributed by atoms with Gasteiger partial charge in [-0.25, -0.2) is 0 Å². The number of nitrogens with one attached hydrogen (secondary N) is 1. The van der Waals surface area contributed by atoms with Crippen molar-refractivity contribution in [3.05, 3.63) is 35.5 Å². The van der Waals surface area contributed by atoms with Gasteiger partial charge in [-0.2, -0.15) is 0 Å². The maximum Gasteiger partial charge on any atom is 0.0458 e. The van der Waals surface area contributed by atoms with E-state index in [0.29, 0.717) is 0 Å². The largest absolute Gasteiger partial charge is 0.358 e. The number of benzene rings is 1. The first kappa shape index (κ1) is 9.95. The summed E-state index contributed by atoms with van der Waals surface area (Å²) in [5.74, 6) is 0.914. The number of H-pyrrole nitrogens is 1. The third-order valence-electron chi connectivity index (χ3n) is 3.89. The molecular weight excluding hydrogens is 194 g/mol. The molecule has 1 heterocycles. The monoisotopic (exact) mass is 213 g/mol. The summed E-state index contributed by atoms with van der Waals surface area (Å²) in [7, 11) is 0. The van der Waals surface area contributed by atoms with Crippen molar-refractivity contribution in [3.8, 4) is 0 Å². The van der Waals surface area contributed by atoms with Crippen LogP contribution in [0.25, 0.3) is 10.9 Å². The van der Waals surface area contributed by atoms with Crippen molar-refractivity contribution in [3.63, 3.8) is 0 Å². The summed E-state index contributed by atoms with van der Waals surface area (Å²) in [5.41, 5.74) is 4.42. The summed E-state index contributed by atoms with van der Waals surface area (Å²) in [4.78, 5) is 3.58. The minimum atomic E-state index is 0.914. The Morgan fingerprint density at radius 1 is 1.31 bits per heavy atom. The smallest absolute Gasteiger partial charge is 0.0458 e. The molecule has 0 saturated carbocycles. The highest BCUT2D eigenvalue weighted by Gasteiger charge is 2.21. The van der Waals surface area contributed by atoms with E-state index in [4.69, 9.17) is 0 Å². The van der Waals surface area contributed by atoms with Crippen LogP contribution in [0.3, 0.4) is 0 Å². The molecule has 1 heteroatoms. The first-order valence-corrected chi connectivity index (χ1v) is 6.47. The standard InChI is InChI=1S/C15H19N/c1-2-5-11-8-9-15-13(10-11)12-6-3-4-7-14(12)16-15/h3-4,6-7,11,16H,2,5,8-10H2,1H3. The summed E-state index contributed by atoms with van der Waals surface area (Å²) >= 11 is 0. The van der Waals surface area contributed by atoms with Gasteiger partial charge in [-0.1, -0.05) is 38.0 Å². The first-order chi connectivity index (χ1) is 7.88. The van der Waals surface area contributed by atoms with Gasteiger partial charge in [0.25, 0.3) is 0 Å². The number of aromatic nitrogens is 1. The molecule has 0 saturated heterocycles. The molecular formula is C15H19N. The molecule has 1 nitrogen and oxygen atoms in total. The fourth-order valence-electron chi connectivity index (χ4n) is 3.10. The number of para-hydroxylation sites is 1. The average molecular weight is 213 g/mol. The van der Waals surface area contributed by atoms with Gasteiger partial charge in [0.1, 0.15) is 0 Å². The Balaban J connectivity index is 2.01. The quantitative estimate of drug-likeness (QED) is 0.774. The normalized spacial score (nSPS) is 19.9. The van der Waals surface area contributed by atoms with Crippen molar-refractivity contribution in [2.75, 3.05) is 0 Å². The Kier molecular flexibility index (Phi) is 2.47. The molecule has 16 heavy (non-hydrogen) atoms. The van der Waals surface area contributed by atoms with Crippen LogP contribution in [0.4, 0.5) is 0 Å². The molecule has 0 fully saturated rings. The van der Waals surface area contributed by atoms with Crippen LogP contribution in [0.2, 0.25) is 0 Å². The Hall–Kier alpha value is -1.24. The number of fused-ring (bicyclic) bond motifs is 3. The molecule has 1 aromatic heterocycles. The number of aryl methyl sites for hydroxylation is 1. The van der Waals surface area contributed by atoms with Crippen LogP contribution < -0.4 is 0 Å². The van der Waals surface area contributed by atoms with E-state index >= 15 is 0 Å². The van der Waals surface area contributed by atoms with E-state index in [-0.39, 0.29) is 0 Å². The Labute approximate surface area is 96.9 Å². The average Bonchev–Trinajstić information content (AvgIpc) is 2.68. The van der Waals surface area contributed by atoms with Crippen LogP contribution in [0.15, 0.2) is 24.3 Å². The van der Waals surface area contributed by atoms with Gasteiger partial charge in [0, 0.05) is 16.6 Å². The van der Waals surface area contributed by atoms with Gasteiger partial charge in [0.15, 0.2) is 0 Å². The lowest BCUT2D eigenvalue weighted by atomic mass is 9.84. The molecule has 0 spiro atoms. The lowest BCUT2D eigenvalue weighted by molar-refractivity contribution is 0.422. The fraction of sp³-hybridized carbons (Fsp3) is 0.467. The number of hydrogen-bond donors (Lipinski definition) is 1. The van der Waals surface area contributed by atoms with Crippen molar-refractivity contribution in [2.24, 2.45) is 5.92 Å². The van der Waals surface area contributed by atoms with Gasteiger partial charge >= 0.3 is 0 Å². The third kappa shape index (κ3) is 1.55. The van der Waals surface area contributed by atoms with Crippen molar-refractivity contribution in [1.82, 2.24) is 4.98 Å². The summed E-state index contributed by atoms with van der Waals surface area (Å²) < 4.78 is 0. The predicted molar refractivity (Wildman–Crippen MR) is 68.7 cm³/mol. The third-order valence-corrected chi connectivity index (χ3v) is 3.89. The van der Waals surface area contributed by atoms with Crippen molar-refractivity contribution in [2.45, 2.75) is 39.0 Å².